The summed E-state index contributed by atoms with van der Waals surface area (Å²) in [5.74, 6) is 2.03. The van der Waals surface area contributed by atoms with Gasteiger partial charge in [-0.2, -0.15) is 8.42 Å². The van der Waals surface area contributed by atoms with Crippen molar-refractivity contribution in [1.82, 2.24) is 15.0 Å². The van der Waals surface area contributed by atoms with E-state index in [9.17, 15) is 18.6 Å². The van der Waals surface area contributed by atoms with Gasteiger partial charge in [0.25, 0.3) is 0 Å². The lowest BCUT2D eigenvalue weighted by atomic mass is 9.53. The maximum absolute atomic E-state index is 13.5. The molecule has 2 fully saturated rings. The van der Waals surface area contributed by atoms with Gasteiger partial charge in [0.05, 0.1) is 27.0 Å². The van der Waals surface area contributed by atoms with Crippen molar-refractivity contribution in [3.8, 4) is 23.0 Å². The van der Waals surface area contributed by atoms with Crippen LogP contribution in [0.15, 0.2) is 59.6 Å². The van der Waals surface area contributed by atoms with E-state index in [4.69, 9.17) is 13.7 Å². The maximum atomic E-state index is 13.5. The summed E-state index contributed by atoms with van der Waals surface area (Å²) in [7, 11) is -1.30. The quantitative estimate of drug-likeness (QED) is 0.211. The first-order valence-corrected chi connectivity index (χ1v) is 18.0. The lowest BCUT2D eigenvalue weighted by Gasteiger charge is -2.52. The zero-order chi connectivity index (χ0) is 34.0. The number of phenolic OH excluding ortho intramolecular Hbond substituents is 1. The second-order valence-electron chi connectivity index (χ2n) is 14.0. The Hall–Kier alpha value is -4.09. The second-order valence-corrected chi connectivity index (χ2v) is 15.6. The molecule has 0 bridgehead atoms. The summed E-state index contributed by atoms with van der Waals surface area (Å²) >= 11 is 0. The van der Waals surface area contributed by atoms with Crippen molar-refractivity contribution in [3.63, 3.8) is 0 Å². The van der Waals surface area contributed by atoms with Crippen molar-refractivity contribution < 1.29 is 32.3 Å². The highest BCUT2D eigenvalue weighted by Crippen LogP contribution is 2.66. The molecule has 2 N–H and O–H groups in total. The van der Waals surface area contributed by atoms with E-state index < -0.39 is 15.7 Å². The smallest absolute Gasteiger partial charge is 0.339 e. The number of methoxy groups -OCH3 is 2. The molecular weight excluding hydrogens is 630 g/mol. The number of aliphatic hydroxyl groups is 1. The highest BCUT2D eigenvalue weighted by Gasteiger charge is 2.63. The first kappa shape index (κ1) is 32.5. The molecule has 11 heteroatoms. The van der Waals surface area contributed by atoms with Gasteiger partial charge in [0.1, 0.15) is 21.9 Å². The van der Waals surface area contributed by atoms with Gasteiger partial charge in [-0.3, -0.25) is 0 Å². The van der Waals surface area contributed by atoms with Crippen LogP contribution in [-0.2, 0) is 28.7 Å². The van der Waals surface area contributed by atoms with Gasteiger partial charge in [0, 0.05) is 11.0 Å². The number of nitrogens with zero attached hydrogens (tertiary/aromatic N) is 3. The van der Waals surface area contributed by atoms with Crippen molar-refractivity contribution >= 4 is 10.1 Å². The SMILES string of the molecule is COc1cc(C)c(Cn2cc([C@]3(O)CC[C@H]4[C@@H]5CCc6cc(O)ccc6[C@H]5CC[C@@]43C)nn2)c(OS(=O)(=O)c2ccc(C)cc2)c1OC. The molecule has 5 atom stereocenters. The summed E-state index contributed by atoms with van der Waals surface area (Å²) in [5.41, 5.74) is 3.77. The number of rotatable bonds is 8. The van der Waals surface area contributed by atoms with Crippen LogP contribution in [0, 0.1) is 31.1 Å². The molecule has 0 amide bonds. The summed E-state index contributed by atoms with van der Waals surface area (Å²) in [6.45, 7) is 6.07. The fourth-order valence-corrected chi connectivity index (χ4v) is 9.96. The highest BCUT2D eigenvalue weighted by atomic mass is 32.2. The molecule has 1 heterocycles. The summed E-state index contributed by atoms with van der Waals surface area (Å²) in [6.07, 6.45) is 7.07. The van der Waals surface area contributed by atoms with E-state index in [0.29, 0.717) is 46.9 Å². The Labute approximate surface area is 281 Å². The molecule has 2 saturated carbocycles. The van der Waals surface area contributed by atoms with E-state index in [1.54, 1.807) is 35.1 Å². The molecule has 0 aliphatic heterocycles. The Balaban J connectivity index is 1.19. The number of fused-ring (bicyclic) bond motifs is 5. The van der Waals surface area contributed by atoms with Crippen molar-refractivity contribution in [2.45, 2.75) is 82.3 Å². The van der Waals surface area contributed by atoms with Gasteiger partial charge < -0.3 is 23.9 Å². The lowest BCUT2D eigenvalue weighted by molar-refractivity contribution is -0.111. The number of hydrogen-bond acceptors (Lipinski definition) is 9. The molecule has 3 aliphatic carbocycles. The van der Waals surface area contributed by atoms with E-state index in [2.05, 4.69) is 23.3 Å². The average Bonchev–Trinajstić information content (AvgIpc) is 3.65. The van der Waals surface area contributed by atoms with Crippen LogP contribution in [0.4, 0.5) is 0 Å². The van der Waals surface area contributed by atoms with Crippen molar-refractivity contribution in [2.75, 3.05) is 14.2 Å². The molecule has 48 heavy (non-hydrogen) atoms. The number of aromatic nitrogens is 3. The standard InChI is InChI=1S/C37H43N3O7S/c1-22-6-10-26(11-7-22)48(43,44)47-34-30(23(2)18-32(45-4)35(34)46-5)20-40-21-33(38-39-40)37(42)17-15-31-29-12-8-24-19-25(41)9-13-27(24)28(29)14-16-36(31,37)3/h6-7,9-11,13,18-19,21,28-29,31,41-42H,8,12,14-17,20H2,1-5H3/t28-,29-,31+,36+,37-/m1/s1. The average molecular weight is 674 g/mol. The molecular formula is C37H43N3O7S. The molecule has 3 aromatic carbocycles. The van der Waals surface area contributed by atoms with Gasteiger partial charge in [-0.05, 0) is 117 Å². The first-order valence-electron chi connectivity index (χ1n) is 16.6. The zero-order valence-electron chi connectivity index (χ0n) is 28.1. The number of phenols is 1. The Bertz CT molecular complexity index is 1980. The minimum Gasteiger partial charge on any atom is -0.508 e. The van der Waals surface area contributed by atoms with Crippen molar-refractivity contribution in [2.24, 2.45) is 17.3 Å². The number of aryl methyl sites for hydroxylation is 3. The zero-order valence-corrected chi connectivity index (χ0v) is 28.9. The normalized spacial score (nSPS) is 26.3. The predicted molar refractivity (Wildman–Crippen MR) is 179 cm³/mol. The molecule has 7 rings (SSSR count). The van der Waals surface area contributed by atoms with Gasteiger partial charge in [-0.25, -0.2) is 4.68 Å². The van der Waals surface area contributed by atoms with Gasteiger partial charge in [0.2, 0.25) is 5.75 Å². The Morgan fingerprint density at radius 1 is 0.979 bits per heavy atom. The summed E-state index contributed by atoms with van der Waals surface area (Å²) < 4.78 is 45.5. The molecule has 4 aromatic rings. The van der Waals surface area contributed by atoms with Gasteiger partial charge in [-0.1, -0.05) is 35.9 Å². The van der Waals surface area contributed by atoms with Crippen molar-refractivity contribution in [1.29, 1.82) is 0 Å². The molecule has 254 valence electrons. The monoisotopic (exact) mass is 673 g/mol. The minimum atomic E-state index is -4.22. The Morgan fingerprint density at radius 2 is 1.75 bits per heavy atom. The van der Waals surface area contributed by atoms with Crippen LogP contribution < -0.4 is 13.7 Å². The topological polar surface area (TPSA) is 133 Å². The summed E-state index contributed by atoms with van der Waals surface area (Å²) in [4.78, 5) is 0.0187. The molecule has 0 saturated heterocycles. The van der Waals surface area contributed by atoms with Crippen LogP contribution in [0.3, 0.4) is 0 Å². The van der Waals surface area contributed by atoms with E-state index in [0.717, 1.165) is 43.2 Å². The Morgan fingerprint density at radius 3 is 2.48 bits per heavy atom. The molecule has 3 aliphatic rings. The van der Waals surface area contributed by atoms with Crippen LogP contribution in [0.25, 0.3) is 0 Å². The second kappa shape index (κ2) is 11.8. The minimum absolute atomic E-state index is 0.0165. The van der Waals surface area contributed by atoms with Crippen molar-refractivity contribution in [3.05, 3.63) is 88.2 Å². The van der Waals surface area contributed by atoms with Crippen LogP contribution in [0.1, 0.15) is 78.5 Å². The highest BCUT2D eigenvalue weighted by molar-refractivity contribution is 7.87. The molecule has 0 spiro atoms. The molecule has 0 radical (unpaired) electrons. The van der Waals surface area contributed by atoms with Crippen LogP contribution >= 0.6 is 0 Å². The fraction of sp³-hybridized carbons (Fsp3) is 0.459. The number of hydrogen-bond donors (Lipinski definition) is 2. The predicted octanol–water partition coefficient (Wildman–Crippen LogP) is 6.18. The Kier molecular flexibility index (Phi) is 7.98. The third-order valence-electron chi connectivity index (χ3n) is 11.6. The molecule has 10 nitrogen and oxygen atoms in total. The van der Waals surface area contributed by atoms with Crippen LogP contribution in [0.2, 0.25) is 0 Å². The third-order valence-corrected chi connectivity index (χ3v) is 12.8. The van der Waals surface area contributed by atoms with Gasteiger partial charge in [-0.15, -0.1) is 5.10 Å². The lowest BCUT2D eigenvalue weighted by Crippen LogP contribution is -2.49. The number of ether oxygens (including phenoxy) is 2. The van der Waals surface area contributed by atoms with Crippen LogP contribution in [0.5, 0.6) is 23.0 Å². The van der Waals surface area contributed by atoms with E-state index in [1.165, 1.54) is 37.5 Å². The van der Waals surface area contributed by atoms with Gasteiger partial charge >= 0.3 is 10.1 Å². The summed E-state index contributed by atoms with van der Waals surface area (Å²) in [5, 5.41) is 31.5. The first-order chi connectivity index (χ1) is 22.9. The summed E-state index contributed by atoms with van der Waals surface area (Å²) in [6, 6.07) is 14.0. The fourth-order valence-electron chi connectivity index (χ4n) is 9.00. The van der Waals surface area contributed by atoms with Crippen LogP contribution in [-0.4, -0.2) is 47.8 Å². The largest absolute Gasteiger partial charge is 0.508 e. The number of aromatic hydroxyl groups is 1. The van der Waals surface area contributed by atoms with Gasteiger partial charge in [0.15, 0.2) is 11.5 Å². The van der Waals surface area contributed by atoms with E-state index in [-0.39, 0.29) is 28.4 Å². The van der Waals surface area contributed by atoms with E-state index in [1.807, 2.05) is 19.9 Å². The third kappa shape index (κ3) is 5.13. The number of benzene rings is 3. The molecule has 1 aromatic heterocycles. The molecule has 0 unspecified atom stereocenters. The van der Waals surface area contributed by atoms with E-state index >= 15 is 0 Å². The maximum Gasteiger partial charge on any atom is 0.339 e.